The highest BCUT2D eigenvalue weighted by molar-refractivity contribution is 5.77. The zero-order valence-electron chi connectivity index (χ0n) is 16.4. The molecule has 1 aromatic carbocycles. The van der Waals surface area contributed by atoms with Gasteiger partial charge >= 0.3 is 0 Å². The Labute approximate surface area is 169 Å². The SMILES string of the molecule is NC(=O)[C@@H]1CC[C@@H](Cc2ncc3nnn(-c4ccc(N5CCCC5)cc4)c3n2)C1. The van der Waals surface area contributed by atoms with E-state index in [2.05, 4.69) is 44.5 Å². The second kappa shape index (κ2) is 7.42. The monoisotopic (exact) mass is 391 g/mol. The maximum Gasteiger partial charge on any atom is 0.220 e. The number of aromatic nitrogens is 5. The second-order valence-electron chi connectivity index (χ2n) is 8.19. The molecular formula is C21H25N7O. The Morgan fingerprint density at radius 1 is 1.10 bits per heavy atom. The van der Waals surface area contributed by atoms with Crippen molar-refractivity contribution in [3.05, 3.63) is 36.3 Å². The van der Waals surface area contributed by atoms with Gasteiger partial charge in [0.15, 0.2) is 11.2 Å². The molecule has 1 saturated heterocycles. The summed E-state index contributed by atoms with van der Waals surface area (Å²) in [7, 11) is 0. The molecule has 8 heteroatoms. The van der Waals surface area contributed by atoms with Crippen molar-refractivity contribution >= 4 is 22.8 Å². The molecule has 2 atom stereocenters. The van der Waals surface area contributed by atoms with Gasteiger partial charge < -0.3 is 10.6 Å². The third-order valence-electron chi connectivity index (χ3n) is 6.22. The predicted octanol–water partition coefficient (Wildman–Crippen LogP) is 2.25. The van der Waals surface area contributed by atoms with E-state index in [-0.39, 0.29) is 11.8 Å². The van der Waals surface area contributed by atoms with Crippen molar-refractivity contribution in [3.63, 3.8) is 0 Å². The highest BCUT2D eigenvalue weighted by Gasteiger charge is 2.29. The smallest absolute Gasteiger partial charge is 0.220 e. The standard InChI is InChI=1S/C21H25N7O/c22-20(29)15-4-3-14(11-15)12-19-23-13-18-21(24-19)28(26-25-18)17-7-5-16(6-8-17)27-9-1-2-10-27/h5-8,13-15H,1-4,9-12H2,(H2,22,29)/t14-,15-/m1/s1. The van der Waals surface area contributed by atoms with Crippen LogP contribution < -0.4 is 10.6 Å². The van der Waals surface area contributed by atoms with Crippen molar-refractivity contribution in [1.29, 1.82) is 0 Å². The Balaban J connectivity index is 1.37. The van der Waals surface area contributed by atoms with Gasteiger partial charge in [-0.3, -0.25) is 4.79 Å². The fourth-order valence-electron chi connectivity index (χ4n) is 4.59. The second-order valence-corrected chi connectivity index (χ2v) is 8.19. The van der Waals surface area contributed by atoms with E-state index in [0.29, 0.717) is 17.1 Å². The molecule has 0 spiro atoms. The van der Waals surface area contributed by atoms with E-state index in [9.17, 15) is 4.79 Å². The van der Waals surface area contributed by atoms with Crippen LogP contribution in [0.25, 0.3) is 16.9 Å². The third kappa shape index (κ3) is 3.54. The van der Waals surface area contributed by atoms with Crippen molar-refractivity contribution in [2.45, 2.75) is 38.5 Å². The third-order valence-corrected chi connectivity index (χ3v) is 6.22. The largest absolute Gasteiger partial charge is 0.372 e. The average molecular weight is 391 g/mol. The van der Waals surface area contributed by atoms with Crippen LogP contribution >= 0.6 is 0 Å². The zero-order chi connectivity index (χ0) is 19.8. The molecule has 0 bridgehead atoms. The molecular weight excluding hydrogens is 366 g/mol. The van der Waals surface area contributed by atoms with Gasteiger partial charge in [0.1, 0.15) is 5.82 Å². The van der Waals surface area contributed by atoms with Crippen molar-refractivity contribution in [2.24, 2.45) is 17.6 Å². The molecule has 1 saturated carbocycles. The van der Waals surface area contributed by atoms with E-state index < -0.39 is 0 Å². The van der Waals surface area contributed by atoms with Gasteiger partial charge in [0.25, 0.3) is 0 Å². The maximum absolute atomic E-state index is 11.4. The van der Waals surface area contributed by atoms with Crippen molar-refractivity contribution in [2.75, 3.05) is 18.0 Å². The molecule has 2 N–H and O–H groups in total. The van der Waals surface area contributed by atoms with Crippen LogP contribution in [-0.4, -0.2) is 44.0 Å². The van der Waals surface area contributed by atoms with Gasteiger partial charge in [0, 0.05) is 31.1 Å². The Kier molecular flexibility index (Phi) is 4.61. The van der Waals surface area contributed by atoms with Crippen LogP contribution in [0, 0.1) is 11.8 Å². The zero-order valence-corrected chi connectivity index (χ0v) is 16.4. The number of primary amides is 1. The fraction of sp³-hybridized carbons (Fsp3) is 0.476. The van der Waals surface area contributed by atoms with E-state index in [1.54, 1.807) is 10.9 Å². The van der Waals surface area contributed by atoms with Gasteiger partial charge in [-0.05, 0) is 62.3 Å². The summed E-state index contributed by atoms with van der Waals surface area (Å²) >= 11 is 0. The van der Waals surface area contributed by atoms with Crippen LogP contribution in [0.1, 0.15) is 37.9 Å². The van der Waals surface area contributed by atoms with Crippen LogP contribution in [0.2, 0.25) is 0 Å². The van der Waals surface area contributed by atoms with Crippen molar-refractivity contribution in [1.82, 2.24) is 25.0 Å². The fourth-order valence-corrected chi connectivity index (χ4v) is 4.59. The number of benzene rings is 1. The number of fused-ring (bicyclic) bond motifs is 1. The van der Waals surface area contributed by atoms with Gasteiger partial charge in [0.05, 0.1) is 11.9 Å². The quantitative estimate of drug-likeness (QED) is 0.716. The van der Waals surface area contributed by atoms with Crippen LogP contribution in [-0.2, 0) is 11.2 Å². The maximum atomic E-state index is 11.4. The Bertz CT molecular complexity index is 1020. The lowest BCUT2D eigenvalue weighted by molar-refractivity contribution is -0.121. The number of amides is 1. The first-order chi connectivity index (χ1) is 14.2. The van der Waals surface area contributed by atoms with Gasteiger partial charge in [0.2, 0.25) is 5.91 Å². The molecule has 0 radical (unpaired) electrons. The van der Waals surface area contributed by atoms with Crippen molar-refractivity contribution < 1.29 is 4.79 Å². The summed E-state index contributed by atoms with van der Waals surface area (Å²) in [6.07, 6.45) is 7.69. The Hall–Kier alpha value is -3.03. The highest BCUT2D eigenvalue weighted by Crippen LogP contribution is 2.32. The van der Waals surface area contributed by atoms with E-state index >= 15 is 0 Å². The molecule has 3 aromatic rings. The molecule has 1 aliphatic heterocycles. The summed E-state index contributed by atoms with van der Waals surface area (Å²) in [5, 5.41) is 8.51. The summed E-state index contributed by atoms with van der Waals surface area (Å²) in [6, 6.07) is 8.41. The lowest BCUT2D eigenvalue weighted by Crippen LogP contribution is -2.21. The topological polar surface area (TPSA) is 103 Å². The van der Waals surface area contributed by atoms with E-state index in [1.807, 2.05) is 0 Å². The molecule has 150 valence electrons. The molecule has 1 aliphatic carbocycles. The van der Waals surface area contributed by atoms with E-state index in [0.717, 1.165) is 50.3 Å². The summed E-state index contributed by atoms with van der Waals surface area (Å²) in [5.74, 6) is 0.965. The minimum atomic E-state index is -0.191. The lowest BCUT2D eigenvalue weighted by Gasteiger charge is -2.17. The van der Waals surface area contributed by atoms with Crippen molar-refractivity contribution in [3.8, 4) is 5.69 Å². The van der Waals surface area contributed by atoms with Crippen LogP contribution in [0.5, 0.6) is 0 Å². The molecule has 3 heterocycles. The molecule has 29 heavy (non-hydrogen) atoms. The van der Waals surface area contributed by atoms with Crippen LogP contribution in [0.3, 0.4) is 0 Å². The molecule has 1 amide bonds. The predicted molar refractivity (Wildman–Crippen MR) is 110 cm³/mol. The normalized spacial score (nSPS) is 21.9. The lowest BCUT2D eigenvalue weighted by atomic mass is 10.0. The summed E-state index contributed by atoms with van der Waals surface area (Å²) < 4.78 is 1.77. The Morgan fingerprint density at radius 2 is 1.86 bits per heavy atom. The van der Waals surface area contributed by atoms with Gasteiger partial charge in [-0.15, -0.1) is 5.10 Å². The number of rotatable bonds is 5. The summed E-state index contributed by atoms with van der Waals surface area (Å²) in [6.45, 7) is 2.25. The van der Waals surface area contributed by atoms with Crippen LogP contribution in [0.15, 0.2) is 30.5 Å². The van der Waals surface area contributed by atoms with Gasteiger partial charge in [-0.2, -0.15) is 4.68 Å². The number of nitrogens with two attached hydrogens (primary N) is 1. The molecule has 5 rings (SSSR count). The first-order valence-corrected chi connectivity index (χ1v) is 10.4. The highest BCUT2D eigenvalue weighted by atomic mass is 16.1. The number of nitrogens with zero attached hydrogens (tertiary/aromatic N) is 6. The summed E-state index contributed by atoms with van der Waals surface area (Å²) in [5.41, 5.74) is 9.04. The minimum Gasteiger partial charge on any atom is -0.372 e. The molecule has 2 fully saturated rings. The van der Waals surface area contributed by atoms with E-state index in [4.69, 9.17) is 10.7 Å². The van der Waals surface area contributed by atoms with Gasteiger partial charge in [-0.25, -0.2) is 9.97 Å². The van der Waals surface area contributed by atoms with E-state index in [1.165, 1.54) is 18.5 Å². The number of carbonyl (C=O) groups excluding carboxylic acids is 1. The first-order valence-electron chi connectivity index (χ1n) is 10.4. The minimum absolute atomic E-state index is 0.00922. The number of anilines is 1. The first kappa shape index (κ1) is 18.0. The molecule has 2 aromatic heterocycles. The molecule has 2 aliphatic rings. The van der Waals surface area contributed by atoms with Gasteiger partial charge in [-0.1, -0.05) is 5.21 Å². The average Bonchev–Trinajstić information content (AvgIpc) is 3.49. The number of hydrogen-bond donors (Lipinski definition) is 1. The number of hydrogen-bond acceptors (Lipinski definition) is 6. The Morgan fingerprint density at radius 3 is 2.59 bits per heavy atom. The van der Waals surface area contributed by atoms with Crippen LogP contribution in [0.4, 0.5) is 5.69 Å². The molecule has 8 nitrogen and oxygen atoms in total. The number of carbonyl (C=O) groups is 1. The summed E-state index contributed by atoms with van der Waals surface area (Å²) in [4.78, 5) is 23.0. The molecule has 0 unspecified atom stereocenters.